The molecule has 2 rings (SSSR count). The molecule has 0 aliphatic carbocycles. The molecule has 4 heteroatoms. The average molecular weight is 298 g/mol. The molecule has 0 radical (unpaired) electrons. The third-order valence-electron chi connectivity index (χ3n) is 2.81. The molecule has 2 N–H and O–H groups in total. The van der Waals surface area contributed by atoms with Crippen molar-refractivity contribution < 1.29 is 4.79 Å². The molecule has 0 atom stereocenters. The van der Waals surface area contributed by atoms with Crippen LogP contribution in [-0.4, -0.2) is 5.91 Å². The minimum Gasteiger partial charge on any atom is -0.370 e. The SMILES string of the molecule is Cl.Cl.NC(=O)CC(c1ccccc1)c1ccccc1. The van der Waals surface area contributed by atoms with Crippen LogP contribution in [0.5, 0.6) is 0 Å². The van der Waals surface area contributed by atoms with Gasteiger partial charge in [0.25, 0.3) is 0 Å². The summed E-state index contributed by atoms with van der Waals surface area (Å²) in [6.07, 6.45) is 0.341. The first-order valence-corrected chi connectivity index (χ1v) is 5.65. The lowest BCUT2D eigenvalue weighted by Crippen LogP contribution is -2.16. The van der Waals surface area contributed by atoms with Crippen LogP contribution in [0.3, 0.4) is 0 Å². The molecule has 2 aromatic carbocycles. The molecule has 0 aromatic heterocycles. The fraction of sp³-hybridized carbons (Fsp3) is 0.133. The predicted molar refractivity (Wildman–Crippen MR) is 83.0 cm³/mol. The van der Waals surface area contributed by atoms with Gasteiger partial charge >= 0.3 is 0 Å². The van der Waals surface area contributed by atoms with E-state index in [0.717, 1.165) is 11.1 Å². The molecule has 0 heterocycles. The highest BCUT2D eigenvalue weighted by atomic mass is 35.5. The van der Waals surface area contributed by atoms with Crippen molar-refractivity contribution in [3.63, 3.8) is 0 Å². The van der Waals surface area contributed by atoms with Crippen molar-refractivity contribution in [3.05, 3.63) is 71.8 Å². The van der Waals surface area contributed by atoms with Crippen LogP contribution in [0, 0.1) is 0 Å². The zero-order chi connectivity index (χ0) is 12.1. The maximum Gasteiger partial charge on any atom is 0.218 e. The van der Waals surface area contributed by atoms with Crippen molar-refractivity contribution in [2.75, 3.05) is 0 Å². The number of amides is 1. The first kappa shape index (κ1) is 17.5. The topological polar surface area (TPSA) is 43.1 Å². The molecular formula is C15H17Cl2NO. The van der Waals surface area contributed by atoms with Crippen molar-refractivity contribution in [2.45, 2.75) is 12.3 Å². The van der Waals surface area contributed by atoms with Crippen LogP contribution in [-0.2, 0) is 4.79 Å². The summed E-state index contributed by atoms with van der Waals surface area (Å²) in [6.45, 7) is 0. The van der Waals surface area contributed by atoms with Crippen LogP contribution in [0.1, 0.15) is 23.5 Å². The lowest BCUT2D eigenvalue weighted by Gasteiger charge is -2.16. The lowest BCUT2D eigenvalue weighted by molar-refractivity contribution is -0.118. The van der Waals surface area contributed by atoms with Crippen LogP contribution in [0.4, 0.5) is 0 Å². The molecule has 0 aliphatic heterocycles. The first-order chi connectivity index (χ1) is 8.27. The van der Waals surface area contributed by atoms with Gasteiger partial charge in [-0.15, -0.1) is 24.8 Å². The Balaban J connectivity index is 0.00000162. The summed E-state index contributed by atoms with van der Waals surface area (Å²) < 4.78 is 0. The Morgan fingerprint density at radius 2 is 1.21 bits per heavy atom. The Hall–Kier alpha value is -1.51. The Kier molecular flexibility index (Phi) is 7.89. The number of hydrogen-bond acceptors (Lipinski definition) is 1. The maximum atomic E-state index is 11.2. The van der Waals surface area contributed by atoms with Gasteiger partial charge in [-0.3, -0.25) is 4.79 Å². The Morgan fingerprint density at radius 3 is 1.53 bits per heavy atom. The van der Waals surface area contributed by atoms with Gasteiger partial charge in [-0.25, -0.2) is 0 Å². The predicted octanol–water partition coefficient (Wildman–Crippen LogP) is 3.54. The minimum absolute atomic E-state index is 0. The van der Waals surface area contributed by atoms with Crippen LogP contribution in [0.15, 0.2) is 60.7 Å². The van der Waals surface area contributed by atoms with Gasteiger partial charge < -0.3 is 5.73 Å². The fourth-order valence-electron chi connectivity index (χ4n) is 2.00. The van der Waals surface area contributed by atoms with Gasteiger partial charge in [-0.05, 0) is 11.1 Å². The molecular weight excluding hydrogens is 281 g/mol. The molecule has 2 aromatic rings. The smallest absolute Gasteiger partial charge is 0.218 e. The van der Waals surface area contributed by atoms with Crippen molar-refractivity contribution in [1.29, 1.82) is 0 Å². The normalized spacial score (nSPS) is 9.32. The minimum atomic E-state index is -0.275. The van der Waals surface area contributed by atoms with E-state index in [4.69, 9.17) is 5.73 Å². The summed E-state index contributed by atoms with van der Waals surface area (Å²) in [4.78, 5) is 11.2. The summed E-state index contributed by atoms with van der Waals surface area (Å²) in [5.41, 5.74) is 7.57. The van der Waals surface area contributed by atoms with E-state index < -0.39 is 0 Å². The van der Waals surface area contributed by atoms with Gasteiger partial charge in [-0.2, -0.15) is 0 Å². The van der Waals surface area contributed by atoms with E-state index in [-0.39, 0.29) is 36.6 Å². The Bertz CT molecular complexity index is 449. The second-order valence-electron chi connectivity index (χ2n) is 4.04. The Morgan fingerprint density at radius 1 is 0.842 bits per heavy atom. The van der Waals surface area contributed by atoms with Crippen LogP contribution in [0.25, 0.3) is 0 Å². The number of rotatable bonds is 4. The summed E-state index contributed by atoms with van der Waals surface area (Å²) in [6, 6.07) is 20.0. The van der Waals surface area contributed by atoms with Crippen LogP contribution < -0.4 is 5.73 Å². The molecule has 0 unspecified atom stereocenters. The number of nitrogens with two attached hydrogens (primary N) is 1. The standard InChI is InChI=1S/C15H15NO.2ClH/c16-15(17)11-14(12-7-3-1-4-8-12)13-9-5-2-6-10-13;;/h1-10,14H,11H2,(H2,16,17);2*1H. The van der Waals surface area contributed by atoms with E-state index in [1.54, 1.807) is 0 Å². The van der Waals surface area contributed by atoms with Crippen molar-refractivity contribution in [1.82, 2.24) is 0 Å². The summed E-state index contributed by atoms with van der Waals surface area (Å²) in [5.74, 6) is -0.224. The quantitative estimate of drug-likeness (QED) is 0.921. The molecule has 0 saturated heterocycles. The molecule has 19 heavy (non-hydrogen) atoms. The molecule has 0 spiro atoms. The molecule has 0 saturated carbocycles. The van der Waals surface area contributed by atoms with E-state index in [1.165, 1.54) is 0 Å². The summed E-state index contributed by atoms with van der Waals surface area (Å²) in [7, 11) is 0. The van der Waals surface area contributed by atoms with Gasteiger partial charge in [-0.1, -0.05) is 60.7 Å². The zero-order valence-electron chi connectivity index (χ0n) is 10.4. The maximum absolute atomic E-state index is 11.2. The van der Waals surface area contributed by atoms with E-state index in [1.807, 2.05) is 60.7 Å². The molecule has 0 fully saturated rings. The third kappa shape index (κ3) is 4.93. The third-order valence-corrected chi connectivity index (χ3v) is 2.81. The van der Waals surface area contributed by atoms with Crippen LogP contribution in [0.2, 0.25) is 0 Å². The average Bonchev–Trinajstić information content (AvgIpc) is 2.38. The number of primary amides is 1. The second kappa shape index (κ2) is 8.57. The van der Waals surface area contributed by atoms with Gasteiger partial charge in [0.15, 0.2) is 0 Å². The van der Waals surface area contributed by atoms with Crippen molar-refractivity contribution in [2.24, 2.45) is 5.73 Å². The number of carbonyl (C=O) groups excluding carboxylic acids is 1. The summed E-state index contributed by atoms with van der Waals surface area (Å²) >= 11 is 0. The Labute approximate surface area is 125 Å². The number of hydrogen-bond donors (Lipinski definition) is 1. The second-order valence-corrected chi connectivity index (χ2v) is 4.04. The first-order valence-electron chi connectivity index (χ1n) is 5.65. The molecule has 2 nitrogen and oxygen atoms in total. The zero-order valence-corrected chi connectivity index (χ0v) is 12.0. The van der Waals surface area contributed by atoms with Crippen LogP contribution >= 0.6 is 24.8 Å². The number of halogens is 2. The highest BCUT2D eigenvalue weighted by Crippen LogP contribution is 2.27. The number of benzene rings is 2. The molecule has 0 bridgehead atoms. The molecule has 0 aliphatic rings. The van der Waals surface area contributed by atoms with Gasteiger partial charge in [0, 0.05) is 12.3 Å². The van der Waals surface area contributed by atoms with Crippen molar-refractivity contribution >= 4 is 30.7 Å². The van der Waals surface area contributed by atoms with E-state index in [9.17, 15) is 4.79 Å². The van der Waals surface area contributed by atoms with E-state index in [2.05, 4.69) is 0 Å². The van der Waals surface area contributed by atoms with Crippen molar-refractivity contribution in [3.8, 4) is 0 Å². The number of carbonyl (C=O) groups is 1. The lowest BCUT2D eigenvalue weighted by atomic mass is 9.88. The highest BCUT2D eigenvalue weighted by Gasteiger charge is 2.15. The molecule has 102 valence electrons. The fourth-order valence-corrected chi connectivity index (χ4v) is 2.00. The highest BCUT2D eigenvalue weighted by molar-refractivity contribution is 5.85. The van der Waals surface area contributed by atoms with Gasteiger partial charge in [0.1, 0.15) is 0 Å². The monoisotopic (exact) mass is 297 g/mol. The summed E-state index contributed by atoms with van der Waals surface area (Å²) in [5, 5.41) is 0. The van der Waals surface area contributed by atoms with Gasteiger partial charge in [0.2, 0.25) is 5.91 Å². The van der Waals surface area contributed by atoms with E-state index >= 15 is 0 Å². The van der Waals surface area contributed by atoms with E-state index in [0.29, 0.717) is 6.42 Å². The largest absolute Gasteiger partial charge is 0.370 e. The molecule has 1 amide bonds. The van der Waals surface area contributed by atoms with Gasteiger partial charge in [0.05, 0.1) is 0 Å².